The van der Waals surface area contributed by atoms with Gasteiger partial charge in [0.1, 0.15) is 0 Å². The summed E-state index contributed by atoms with van der Waals surface area (Å²) >= 11 is 0. The van der Waals surface area contributed by atoms with Crippen LogP contribution in [0.25, 0.3) is 10.9 Å². The molecular weight excluding hydrogens is 182 g/mol. The molecule has 0 aliphatic heterocycles. The number of rotatable bonds is 3. The number of para-hydroxylation sites is 1. The fraction of sp³-hybridized carbons (Fsp3) is 0.286. The van der Waals surface area contributed by atoms with E-state index in [2.05, 4.69) is 49.4 Å². The molecule has 1 aromatic heterocycles. The van der Waals surface area contributed by atoms with Crippen molar-refractivity contribution in [3.8, 4) is 0 Å². The van der Waals surface area contributed by atoms with Crippen molar-refractivity contribution in [1.82, 2.24) is 4.57 Å². The van der Waals surface area contributed by atoms with E-state index in [1.807, 2.05) is 6.08 Å². The Hall–Kier alpha value is -1.50. The predicted molar refractivity (Wildman–Crippen MR) is 66.2 cm³/mol. The first-order chi connectivity index (χ1) is 7.25. The standard InChI is InChI=1S/C14H17N/c1-4-5-8-12-11(2)15(3)14-10-7-6-9-13(12)14/h4,6-7,9-10H,1,5,8H2,2-3H3. The predicted octanol–water partition coefficient (Wildman–Crippen LogP) is 3.61. The fourth-order valence-electron chi connectivity index (χ4n) is 2.16. The molecule has 15 heavy (non-hydrogen) atoms. The average molecular weight is 199 g/mol. The lowest BCUT2D eigenvalue weighted by Crippen LogP contribution is -1.92. The first-order valence-corrected chi connectivity index (χ1v) is 5.39. The maximum Gasteiger partial charge on any atom is 0.0482 e. The van der Waals surface area contributed by atoms with E-state index in [1.165, 1.54) is 22.2 Å². The van der Waals surface area contributed by atoms with Gasteiger partial charge in [-0.1, -0.05) is 24.3 Å². The third kappa shape index (κ3) is 1.58. The Bertz CT molecular complexity index is 491. The molecule has 0 bridgehead atoms. The smallest absolute Gasteiger partial charge is 0.0482 e. The third-order valence-electron chi connectivity index (χ3n) is 3.13. The highest BCUT2D eigenvalue weighted by Crippen LogP contribution is 2.25. The minimum atomic E-state index is 1.05. The maximum atomic E-state index is 3.79. The molecular formula is C14H17N. The van der Waals surface area contributed by atoms with E-state index in [0.29, 0.717) is 0 Å². The molecule has 2 rings (SSSR count). The summed E-state index contributed by atoms with van der Waals surface area (Å²) in [6.07, 6.45) is 4.13. The Morgan fingerprint density at radius 3 is 2.80 bits per heavy atom. The third-order valence-corrected chi connectivity index (χ3v) is 3.13. The van der Waals surface area contributed by atoms with Crippen molar-refractivity contribution in [3.63, 3.8) is 0 Å². The summed E-state index contributed by atoms with van der Waals surface area (Å²) in [4.78, 5) is 0. The second kappa shape index (κ2) is 3.93. The van der Waals surface area contributed by atoms with Gasteiger partial charge < -0.3 is 4.57 Å². The van der Waals surface area contributed by atoms with Crippen LogP contribution in [-0.4, -0.2) is 4.57 Å². The summed E-state index contributed by atoms with van der Waals surface area (Å²) in [6.45, 7) is 5.98. The van der Waals surface area contributed by atoms with Gasteiger partial charge in [-0.25, -0.2) is 0 Å². The Kier molecular flexibility index (Phi) is 2.63. The topological polar surface area (TPSA) is 4.93 Å². The van der Waals surface area contributed by atoms with Crippen molar-refractivity contribution in [2.24, 2.45) is 7.05 Å². The molecule has 0 aliphatic rings. The Morgan fingerprint density at radius 2 is 2.07 bits per heavy atom. The molecule has 0 radical (unpaired) electrons. The lowest BCUT2D eigenvalue weighted by atomic mass is 10.1. The van der Waals surface area contributed by atoms with Crippen molar-refractivity contribution in [3.05, 3.63) is 48.2 Å². The number of nitrogens with zero attached hydrogens (tertiary/aromatic N) is 1. The minimum Gasteiger partial charge on any atom is -0.348 e. The molecule has 1 aromatic carbocycles. The van der Waals surface area contributed by atoms with Crippen LogP contribution < -0.4 is 0 Å². The van der Waals surface area contributed by atoms with Crippen molar-refractivity contribution in [1.29, 1.82) is 0 Å². The summed E-state index contributed by atoms with van der Waals surface area (Å²) < 4.78 is 2.27. The molecule has 1 heterocycles. The molecule has 0 unspecified atom stereocenters. The van der Waals surface area contributed by atoms with Gasteiger partial charge in [0.2, 0.25) is 0 Å². The molecule has 0 saturated carbocycles. The maximum absolute atomic E-state index is 3.79. The first kappa shape index (κ1) is 10.0. The number of aromatic nitrogens is 1. The molecule has 2 aromatic rings. The highest BCUT2D eigenvalue weighted by molar-refractivity contribution is 5.85. The molecule has 0 aliphatic carbocycles. The Labute approximate surface area is 91.0 Å². The van der Waals surface area contributed by atoms with E-state index < -0.39 is 0 Å². The van der Waals surface area contributed by atoms with Crippen LogP contribution in [0.1, 0.15) is 17.7 Å². The average Bonchev–Trinajstić information content (AvgIpc) is 2.51. The summed E-state index contributed by atoms with van der Waals surface area (Å²) in [6, 6.07) is 8.60. The summed E-state index contributed by atoms with van der Waals surface area (Å²) in [5, 5.41) is 1.39. The number of benzene rings is 1. The van der Waals surface area contributed by atoms with Gasteiger partial charge in [-0.3, -0.25) is 0 Å². The molecule has 78 valence electrons. The molecule has 1 nitrogen and oxygen atoms in total. The van der Waals surface area contributed by atoms with E-state index in [1.54, 1.807) is 0 Å². The van der Waals surface area contributed by atoms with Gasteiger partial charge in [-0.05, 0) is 31.4 Å². The summed E-state index contributed by atoms with van der Waals surface area (Å²) in [5.74, 6) is 0. The molecule has 0 spiro atoms. The van der Waals surface area contributed by atoms with Gasteiger partial charge in [0.15, 0.2) is 0 Å². The van der Waals surface area contributed by atoms with Gasteiger partial charge in [-0.15, -0.1) is 6.58 Å². The number of fused-ring (bicyclic) bond motifs is 1. The van der Waals surface area contributed by atoms with Crippen LogP contribution >= 0.6 is 0 Å². The van der Waals surface area contributed by atoms with Crippen LogP contribution in [0.5, 0.6) is 0 Å². The molecule has 0 saturated heterocycles. The van der Waals surface area contributed by atoms with Crippen LogP contribution in [0.3, 0.4) is 0 Å². The number of aryl methyl sites for hydroxylation is 2. The van der Waals surface area contributed by atoms with Gasteiger partial charge >= 0.3 is 0 Å². The van der Waals surface area contributed by atoms with E-state index >= 15 is 0 Å². The number of hydrogen-bond donors (Lipinski definition) is 0. The van der Waals surface area contributed by atoms with Crippen molar-refractivity contribution in [2.45, 2.75) is 19.8 Å². The van der Waals surface area contributed by atoms with E-state index in [0.717, 1.165) is 12.8 Å². The lowest BCUT2D eigenvalue weighted by Gasteiger charge is -1.99. The van der Waals surface area contributed by atoms with Gasteiger partial charge in [0.05, 0.1) is 0 Å². The zero-order valence-electron chi connectivity index (χ0n) is 9.46. The second-order valence-corrected chi connectivity index (χ2v) is 3.97. The second-order valence-electron chi connectivity index (χ2n) is 3.97. The van der Waals surface area contributed by atoms with E-state index in [-0.39, 0.29) is 0 Å². The van der Waals surface area contributed by atoms with Crippen LogP contribution in [0.2, 0.25) is 0 Å². The zero-order chi connectivity index (χ0) is 10.8. The van der Waals surface area contributed by atoms with Crippen LogP contribution in [-0.2, 0) is 13.5 Å². The van der Waals surface area contributed by atoms with Crippen molar-refractivity contribution < 1.29 is 0 Å². The van der Waals surface area contributed by atoms with E-state index in [4.69, 9.17) is 0 Å². The summed E-state index contributed by atoms with van der Waals surface area (Å²) in [7, 11) is 2.13. The lowest BCUT2D eigenvalue weighted by molar-refractivity contribution is 0.887. The molecule has 0 amide bonds. The fourth-order valence-corrected chi connectivity index (χ4v) is 2.16. The van der Waals surface area contributed by atoms with Crippen molar-refractivity contribution in [2.75, 3.05) is 0 Å². The van der Waals surface area contributed by atoms with Gasteiger partial charge in [0, 0.05) is 23.6 Å². The van der Waals surface area contributed by atoms with Crippen molar-refractivity contribution >= 4 is 10.9 Å². The van der Waals surface area contributed by atoms with E-state index in [9.17, 15) is 0 Å². The first-order valence-electron chi connectivity index (χ1n) is 5.39. The molecule has 0 N–H and O–H groups in total. The number of hydrogen-bond acceptors (Lipinski definition) is 0. The molecule has 0 atom stereocenters. The summed E-state index contributed by atoms with van der Waals surface area (Å²) in [5.41, 5.74) is 4.17. The minimum absolute atomic E-state index is 1.05. The largest absolute Gasteiger partial charge is 0.348 e. The number of allylic oxidation sites excluding steroid dienone is 1. The molecule has 1 heteroatoms. The van der Waals surface area contributed by atoms with Crippen LogP contribution in [0.15, 0.2) is 36.9 Å². The normalized spacial score (nSPS) is 10.8. The highest BCUT2D eigenvalue weighted by atomic mass is 14.9. The highest BCUT2D eigenvalue weighted by Gasteiger charge is 2.09. The monoisotopic (exact) mass is 199 g/mol. The van der Waals surface area contributed by atoms with Crippen LogP contribution in [0.4, 0.5) is 0 Å². The molecule has 0 fully saturated rings. The Balaban J connectivity index is 2.61. The SMILES string of the molecule is C=CCCc1c(C)n(C)c2ccccc12. The Morgan fingerprint density at radius 1 is 1.33 bits per heavy atom. The zero-order valence-corrected chi connectivity index (χ0v) is 9.46. The van der Waals surface area contributed by atoms with Gasteiger partial charge in [0.25, 0.3) is 0 Å². The quantitative estimate of drug-likeness (QED) is 0.665. The van der Waals surface area contributed by atoms with Gasteiger partial charge in [-0.2, -0.15) is 0 Å². The van der Waals surface area contributed by atoms with Crippen LogP contribution in [0, 0.1) is 6.92 Å².